The summed E-state index contributed by atoms with van der Waals surface area (Å²) in [6, 6.07) is 6.58. The van der Waals surface area contributed by atoms with Gasteiger partial charge in [-0.1, -0.05) is 0 Å². The summed E-state index contributed by atoms with van der Waals surface area (Å²) in [5.41, 5.74) is 12.4. The lowest BCUT2D eigenvalue weighted by Crippen LogP contribution is -2.30. The molecule has 5 nitrogen and oxygen atoms in total. The Kier molecular flexibility index (Phi) is 3.52. The Balaban J connectivity index is 2.00. The zero-order valence-electron chi connectivity index (χ0n) is 14.3. The molecule has 0 radical (unpaired) electrons. The van der Waals surface area contributed by atoms with Gasteiger partial charge in [0.05, 0.1) is 29.6 Å². The number of fused-ring (bicyclic) bond motifs is 1. The maximum Gasteiger partial charge on any atom is 0.0994 e. The van der Waals surface area contributed by atoms with Crippen LogP contribution in [0.4, 0.5) is 5.69 Å². The number of nitrogen functional groups attached to an aromatic ring is 1. The number of nitriles is 1. The second-order valence-electron chi connectivity index (χ2n) is 6.93. The highest BCUT2D eigenvalue weighted by Crippen LogP contribution is 2.41. The number of nitrogens with two attached hydrogens (primary N) is 1. The fourth-order valence-electron chi connectivity index (χ4n) is 3.64. The van der Waals surface area contributed by atoms with Crippen LogP contribution >= 0.6 is 0 Å². The van der Waals surface area contributed by atoms with E-state index in [0.29, 0.717) is 11.3 Å². The highest BCUT2D eigenvalue weighted by atomic mass is 16.3. The number of rotatable bonds is 2. The summed E-state index contributed by atoms with van der Waals surface area (Å²) in [6.45, 7) is 3.94. The van der Waals surface area contributed by atoms with Gasteiger partial charge in [-0.3, -0.25) is 4.98 Å². The van der Waals surface area contributed by atoms with E-state index in [1.807, 2.05) is 26.1 Å². The maximum absolute atomic E-state index is 9.71. The first-order valence-corrected chi connectivity index (χ1v) is 8.43. The number of aryl methyl sites for hydroxylation is 1. The van der Waals surface area contributed by atoms with Gasteiger partial charge in [-0.25, -0.2) is 0 Å². The Morgan fingerprint density at radius 3 is 2.68 bits per heavy atom. The molecule has 25 heavy (non-hydrogen) atoms. The Labute approximate surface area is 146 Å². The Morgan fingerprint density at radius 1 is 1.24 bits per heavy atom. The van der Waals surface area contributed by atoms with Crippen molar-refractivity contribution in [1.82, 2.24) is 9.55 Å². The van der Waals surface area contributed by atoms with E-state index in [9.17, 15) is 10.4 Å². The molecule has 0 bridgehead atoms. The third-order valence-electron chi connectivity index (χ3n) is 5.33. The molecule has 0 aliphatic heterocycles. The summed E-state index contributed by atoms with van der Waals surface area (Å²) in [4.78, 5) is 4.25. The first-order valence-electron chi connectivity index (χ1n) is 8.43. The number of hydrogen-bond acceptors (Lipinski definition) is 4. The average molecular weight is 332 g/mol. The maximum atomic E-state index is 9.71. The van der Waals surface area contributed by atoms with Crippen molar-refractivity contribution in [2.24, 2.45) is 0 Å². The minimum atomic E-state index is -0.221. The Hall–Kier alpha value is -2.84. The van der Waals surface area contributed by atoms with Crippen LogP contribution < -0.4 is 5.73 Å². The summed E-state index contributed by atoms with van der Waals surface area (Å²) < 4.78 is 2.23. The molecule has 126 valence electrons. The van der Waals surface area contributed by atoms with Crippen molar-refractivity contribution in [2.45, 2.75) is 38.8 Å². The molecule has 1 saturated carbocycles. The van der Waals surface area contributed by atoms with Crippen LogP contribution in [0.5, 0.6) is 0 Å². The topological polar surface area (TPSA) is 87.9 Å². The van der Waals surface area contributed by atoms with E-state index in [-0.39, 0.29) is 12.1 Å². The van der Waals surface area contributed by atoms with Crippen molar-refractivity contribution in [3.8, 4) is 17.2 Å². The van der Waals surface area contributed by atoms with Gasteiger partial charge in [0, 0.05) is 40.5 Å². The van der Waals surface area contributed by atoms with Crippen LogP contribution in [0.15, 0.2) is 30.7 Å². The zero-order valence-corrected chi connectivity index (χ0v) is 14.3. The van der Waals surface area contributed by atoms with Crippen molar-refractivity contribution in [2.75, 3.05) is 5.73 Å². The second kappa shape index (κ2) is 5.61. The highest BCUT2D eigenvalue weighted by molar-refractivity contribution is 5.98. The number of benzene rings is 1. The third kappa shape index (κ3) is 2.38. The van der Waals surface area contributed by atoms with E-state index in [1.54, 1.807) is 6.20 Å². The Morgan fingerprint density at radius 2 is 2.00 bits per heavy atom. The lowest BCUT2D eigenvalue weighted by Gasteiger charge is -2.33. The number of aromatic nitrogens is 2. The predicted molar refractivity (Wildman–Crippen MR) is 98.0 cm³/mol. The molecule has 1 aliphatic carbocycles. The molecule has 3 aromatic rings. The molecule has 0 unspecified atom stereocenters. The van der Waals surface area contributed by atoms with Crippen LogP contribution in [0.3, 0.4) is 0 Å². The summed E-state index contributed by atoms with van der Waals surface area (Å²) >= 11 is 0. The fraction of sp³-hybridized carbons (Fsp3) is 0.300. The minimum Gasteiger partial charge on any atom is -0.397 e. The molecule has 0 amide bonds. The summed E-state index contributed by atoms with van der Waals surface area (Å²) in [7, 11) is 0. The van der Waals surface area contributed by atoms with E-state index in [2.05, 4.69) is 27.9 Å². The van der Waals surface area contributed by atoms with Crippen molar-refractivity contribution in [3.63, 3.8) is 0 Å². The number of nitrogens with zero attached hydrogens (tertiary/aromatic N) is 3. The number of hydrogen-bond donors (Lipinski definition) is 2. The first-order chi connectivity index (χ1) is 12.0. The van der Waals surface area contributed by atoms with Crippen molar-refractivity contribution >= 4 is 16.6 Å². The molecule has 1 fully saturated rings. The number of pyridine rings is 1. The van der Waals surface area contributed by atoms with Gasteiger partial charge < -0.3 is 15.4 Å². The van der Waals surface area contributed by atoms with Gasteiger partial charge in [0.1, 0.15) is 0 Å². The van der Waals surface area contributed by atoms with Crippen molar-refractivity contribution in [3.05, 3.63) is 47.4 Å². The van der Waals surface area contributed by atoms with Gasteiger partial charge in [0.25, 0.3) is 0 Å². The van der Waals surface area contributed by atoms with Crippen LogP contribution in [0.2, 0.25) is 0 Å². The normalized spacial score (nSPS) is 19.6. The molecular formula is C20H20N4O. The zero-order chi connectivity index (χ0) is 17.7. The van der Waals surface area contributed by atoms with Crippen LogP contribution in [0.25, 0.3) is 22.0 Å². The lowest BCUT2D eigenvalue weighted by atomic mass is 9.89. The number of aliphatic hydroxyl groups excluding tert-OH is 1. The van der Waals surface area contributed by atoms with E-state index >= 15 is 0 Å². The molecule has 5 heteroatoms. The molecule has 1 aliphatic rings. The van der Waals surface area contributed by atoms with E-state index in [4.69, 9.17) is 5.73 Å². The van der Waals surface area contributed by atoms with Crippen LogP contribution in [-0.2, 0) is 0 Å². The van der Waals surface area contributed by atoms with Gasteiger partial charge in [-0.05, 0) is 49.9 Å². The first kappa shape index (κ1) is 15.7. The van der Waals surface area contributed by atoms with Gasteiger partial charge in [0.15, 0.2) is 0 Å². The van der Waals surface area contributed by atoms with Crippen LogP contribution in [-0.4, -0.2) is 20.8 Å². The summed E-state index contributed by atoms with van der Waals surface area (Å²) in [5, 5.41) is 20.2. The van der Waals surface area contributed by atoms with E-state index < -0.39 is 0 Å². The molecule has 2 aromatic heterocycles. The van der Waals surface area contributed by atoms with Gasteiger partial charge in [-0.2, -0.15) is 5.26 Å². The third-order valence-corrected chi connectivity index (χ3v) is 5.33. The second-order valence-corrected chi connectivity index (χ2v) is 6.93. The molecule has 0 saturated heterocycles. The van der Waals surface area contributed by atoms with E-state index in [0.717, 1.165) is 46.0 Å². The van der Waals surface area contributed by atoms with Gasteiger partial charge in [0.2, 0.25) is 0 Å². The molecule has 1 aromatic carbocycles. The van der Waals surface area contributed by atoms with Gasteiger partial charge in [-0.15, -0.1) is 0 Å². The summed E-state index contributed by atoms with van der Waals surface area (Å²) in [5.74, 6) is 0. The monoisotopic (exact) mass is 332 g/mol. The molecular weight excluding hydrogens is 312 g/mol. The largest absolute Gasteiger partial charge is 0.397 e. The summed E-state index contributed by atoms with van der Waals surface area (Å²) in [6.07, 6.45) is 6.90. The predicted octanol–water partition coefficient (Wildman–Crippen LogP) is 3.47. The van der Waals surface area contributed by atoms with Crippen molar-refractivity contribution in [1.29, 1.82) is 5.26 Å². The minimum absolute atomic E-state index is 0.221. The molecule has 3 N–H and O–H groups in total. The lowest BCUT2D eigenvalue weighted by molar-refractivity contribution is 0.0504. The molecule has 4 rings (SSSR count). The Bertz CT molecular complexity index is 1020. The molecule has 2 heterocycles. The van der Waals surface area contributed by atoms with Gasteiger partial charge >= 0.3 is 0 Å². The smallest absolute Gasteiger partial charge is 0.0994 e. The number of aliphatic hydroxyl groups is 1. The average Bonchev–Trinajstić information content (AvgIpc) is 2.91. The highest BCUT2D eigenvalue weighted by Gasteiger charge is 2.30. The van der Waals surface area contributed by atoms with Crippen LogP contribution in [0.1, 0.15) is 35.6 Å². The quantitative estimate of drug-likeness (QED) is 0.752. The number of anilines is 1. The SMILES string of the molecule is Cc1cc2c(cc1C#N)c(-c1cncc(N)c1C)cn2[C@H]1C[C@H](O)C1. The standard InChI is InChI=1S/C20H20N4O/c1-11-3-20-16(4-13(11)7-21)18(10-24(20)14-5-15(25)6-14)17-8-23-9-19(22)12(17)2/h3-4,8-10,14-15,25H,5-6,22H2,1-2H3/t14-,15-. The van der Waals surface area contributed by atoms with E-state index in [1.165, 1.54) is 0 Å². The van der Waals surface area contributed by atoms with Crippen LogP contribution in [0, 0.1) is 25.2 Å². The molecule has 0 spiro atoms. The fourth-order valence-corrected chi connectivity index (χ4v) is 3.64. The molecule has 0 atom stereocenters. The van der Waals surface area contributed by atoms with Crippen molar-refractivity contribution < 1.29 is 5.11 Å².